The summed E-state index contributed by atoms with van der Waals surface area (Å²) in [6.45, 7) is 1.16. The maximum Gasteiger partial charge on any atom is 0.344 e. The van der Waals surface area contributed by atoms with E-state index in [1.807, 2.05) is 17.5 Å². The molecule has 0 unspecified atom stereocenters. The Morgan fingerprint density at radius 1 is 1.22 bits per heavy atom. The van der Waals surface area contributed by atoms with Gasteiger partial charge in [-0.3, -0.25) is 4.31 Å². The van der Waals surface area contributed by atoms with E-state index < -0.39 is 16.2 Å². The minimum atomic E-state index is -3.98. The van der Waals surface area contributed by atoms with Crippen molar-refractivity contribution in [2.24, 2.45) is 4.40 Å². The van der Waals surface area contributed by atoms with Gasteiger partial charge in [-0.15, -0.1) is 15.7 Å². The number of methoxy groups -OCH3 is 1. The molecule has 166 valence electrons. The van der Waals surface area contributed by atoms with Crippen LogP contribution in [0.4, 0.5) is 0 Å². The molecule has 0 aliphatic carbocycles. The second-order valence-electron chi connectivity index (χ2n) is 6.66. The van der Waals surface area contributed by atoms with Crippen molar-refractivity contribution in [3.8, 4) is 16.5 Å². The highest BCUT2D eigenvalue weighted by atomic mass is 32.2. The molecule has 0 saturated carbocycles. The van der Waals surface area contributed by atoms with E-state index in [0.717, 1.165) is 9.18 Å². The number of thiophene rings is 1. The average molecular weight is 475 g/mol. The molecule has 0 saturated heterocycles. The number of esters is 1. The minimum absolute atomic E-state index is 0.00623. The van der Waals surface area contributed by atoms with E-state index in [2.05, 4.69) is 14.5 Å². The molecule has 32 heavy (non-hydrogen) atoms. The highest BCUT2D eigenvalue weighted by molar-refractivity contribution is 7.88. The van der Waals surface area contributed by atoms with Crippen LogP contribution in [0.15, 0.2) is 62.5 Å². The lowest BCUT2D eigenvalue weighted by Gasteiger charge is -2.23. The van der Waals surface area contributed by atoms with Gasteiger partial charge in [-0.2, -0.15) is 13.4 Å². The third-order valence-electron chi connectivity index (χ3n) is 4.47. The number of nitrogens with zero attached hydrogens (tertiary/aromatic N) is 4. The molecule has 0 atom stereocenters. The van der Waals surface area contributed by atoms with Crippen molar-refractivity contribution < 1.29 is 27.2 Å². The van der Waals surface area contributed by atoms with E-state index in [1.165, 1.54) is 24.5 Å². The van der Waals surface area contributed by atoms with Crippen LogP contribution < -0.4 is 4.74 Å². The molecule has 3 heterocycles. The van der Waals surface area contributed by atoms with E-state index in [0.29, 0.717) is 17.1 Å². The zero-order chi connectivity index (χ0) is 22.7. The summed E-state index contributed by atoms with van der Waals surface area (Å²) in [5.74, 6) is 0.414. The lowest BCUT2D eigenvalue weighted by atomic mass is 10.2. The standard InChI is InChI=1S/C20H18N4O6S2/c1-13-16(20(25)29-12-18-21-19(22-30-18)17-4-3-9-31-17)11-24(32(26,27)23-13)10-14-5-7-15(28-2)8-6-14/h3-9,11H,10,12H2,1-2H3. The number of hydrogen-bond donors (Lipinski definition) is 0. The van der Waals surface area contributed by atoms with Crippen LogP contribution in [0, 0.1) is 0 Å². The van der Waals surface area contributed by atoms with E-state index in [9.17, 15) is 13.2 Å². The van der Waals surface area contributed by atoms with Crippen molar-refractivity contribution in [2.75, 3.05) is 7.11 Å². The van der Waals surface area contributed by atoms with Crippen LogP contribution in [0.3, 0.4) is 0 Å². The SMILES string of the molecule is COc1ccc(CN2C=C(C(=O)OCc3nc(-c4cccs4)no3)C(C)=NS2(=O)=O)cc1. The van der Waals surface area contributed by atoms with Crippen molar-refractivity contribution >= 4 is 33.2 Å². The molecule has 2 aromatic heterocycles. The molecule has 10 nitrogen and oxygen atoms in total. The first-order valence-electron chi connectivity index (χ1n) is 9.33. The van der Waals surface area contributed by atoms with Gasteiger partial charge < -0.3 is 14.0 Å². The number of hydrogen-bond acceptors (Lipinski definition) is 9. The van der Waals surface area contributed by atoms with E-state index in [-0.39, 0.29) is 30.3 Å². The second-order valence-corrected chi connectivity index (χ2v) is 9.15. The Balaban J connectivity index is 1.47. The molecule has 1 aromatic carbocycles. The van der Waals surface area contributed by atoms with Gasteiger partial charge in [0.25, 0.3) is 5.89 Å². The molecule has 0 fully saturated rings. The molecule has 1 aliphatic heterocycles. The largest absolute Gasteiger partial charge is 0.497 e. The summed E-state index contributed by atoms with van der Waals surface area (Å²) in [6.07, 6.45) is 1.22. The summed E-state index contributed by atoms with van der Waals surface area (Å²) >= 11 is 1.45. The van der Waals surface area contributed by atoms with E-state index >= 15 is 0 Å². The molecule has 0 bridgehead atoms. The molecule has 4 rings (SSSR count). The van der Waals surface area contributed by atoms with Gasteiger partial charge in [0.05, 0.1) is 29.8 Å². The van der Waals surface area contributed by atoms with Crippen molar-refractivity contribution in [3.63, 3.8) is 0 Å². The Morgan fingerprint density at radius 3 is 2.69 bits per heavy atom. The molecule has 12 heteroatoms. The summed E-state index contributed by atoms with van der Waals surface area (Å²) in [5.41, 5.74) is 0.747. The van der Waals surface area contributed by atoms with Gasteiger partial charge in [0.2, 0.25) is 5.82 Å². The summed E-state index contributed by atoms with van der Waals surface area (Å²) in [5, 5.41) is 5.74. The minimum Gasteiger partial charge on any atom is -0.497 e. The Bertz CT molecular complexity index is 1280. The van der Waals surface area contributed by atoms with Crippen LogP contribution in [0.1, 0.15) is 18.4 Å². The van der Waals surface area contributed by atoms with Crippen LogP contribution >= 0.6 is 11.3 Å². The number of carbonyl (C=O) groups excluding carboxylic acids is 1. The molecule has 1 aliphatic rings. The third-order valence-corrected chi connectivity index (χ3v) is 6.66. The fourth-order valence-corrected chi connectivity index (χ4v) is 4.59. The summed E-state index contributed by atoms with van der Waals surface area (Å²) < 4.78 is 45.1. The lowest BCUT2D eigenvalue weighted by Crippen LogP contribution is -2.31. The topological polar surface area (TPSA) is 124 Å². The fourth-order valence-electron chi connectivity index (χ4n) is 2.84. The Morgan fingerprint density at radius 2 is 2.00 bits per heavy atom. The van der Waals surface area contributed by atoms with Gasteiger partial charge in [-0.05, 0) is 36.1 Å². The maximum atomic E-state index is 12.6. The van der Waals surface area contributed by atoms with Crippen molar-refractivity contribution in [1.29, 1.82) is 0 Å². The predicted octanol–water partition coefficient (Wildman–Crippen LogP) is 2.96. The average Bonchev–Trinajstić information content (AvgIpc) is 3.46. The number of carbonyl (C=O) groups is 1. The number of benzene rings is 1. The van der Waals surface area contributed by atoms with Crippen LogP contribution in [0.5, 0.6) is 5.75 Å². The van der Waals surface area contributed by atoms with Crippen LogP contribution in [-0.4, -0.2) is 41.7 Å². The molecule has 0 N–H and O–H groups in total. The van der Waals surface area contributed by atoms with Crippen molar-refractivity contribution in [3.05, 3.63) is 65.0 Å². The van der Waals surface area contributed by atoms with Crippen LogP contribution in [0.25, 0.3) is 10.7 Å². The molecule has 3 aromatic rings. The highest BCUT2D eigenvalue weighted by Gasteiger charge is 2.29. The van der Waals surface area contributed by atoms with Crippen molar-refractivity contribution in [2.45, 2.75) is 20.1 Å². The number of ether oxygens (including phenoxy) is 2. The van der Waals surface area contributed by atoms with Crippen molar-refractivity contribution in [1.82, 2.24) is 14.4 Å². The Kier molecular flexibility index (Phi) is 6.06. The molecule has 0 spiro atoms. The molecule has 0 amide bonds. The number of aromatic nitrogens is 2. The Hall–Kier alpha value is -3.51. The van der Waals surface area contributed by atoms with Gasteiger partial charge in [0, 0.05) is 6.20 Å². The van der Waals surface area contributed by atoms with E-state index in [4.69, 9.17) is 14.0 Å². The van der Waals surface area contributed by atoms with Gasteiger partial charge >= 0.3 is 16.2 Å². The molecular formula is C20H18N4O6S2. The zero-order valence-electron chi connectivity index (χ0n) is 17.1. The molecule has 0 radical (unpaired) electrons. The summed E-state index contributed by atoms with van der Waals surface area (Å²) in [4.78, 5) is 17.6. The van der Waals surface area contributed by atoms with E-state index in [1.54, 1.807) is 31.4 Å². The first-order valence-corrected chi connectivity index (χ1v) is 11.6. The maximum absolute atomic E-state index is 12.6. The van der Waals surface area contributed by atoms with Gasteiger partial charge in [0.1, 0.15) is 5.75 Å². The van der Waals surface area contributed by atoms with Gasteiger partial charge in [-0.25, -0.2) is 4.79 Å². The summed E-state index contributed by atoms with van der Waals surface area (Å²) in [6, 6.07) is 10.6. The second kappa shape index (κ2) is 8.93. The quantitative estimate of drug-likeness (QED) is 0.479. The van der Waals surface area contributed by atoms with Crippen LogP contribution in [-0.2, 0) is 32.9 Å². The Labute approximate surface area is 188 Å². The lowest BCUT2D eigenvalue weighted by molar-refractivity contribution is -0.140. The monoisotopic (exact) mass is 474 g/mol. The highest BCUT2D eigenvalue weighted by Crippen LogP contribution is 2.23. The normalized spacial score (nSPS) is 15.1. The number of rotatable bonds is 7. The zero-order valence-corrected chi connectivity index (χ0v) is 18.7. The smallest absolute Gasteiger partial charge is 0.344 e. The third kappa shape index (κ3) is 4.70. The fraction of sp³-hybridized carbons (Fsp3) is 0.200. The van der Waals surface area contributed by atoms with Crippen LogP contribution in [0.2, 0.25) is 0 Å². The molecular weight excluding hydrogens is 456 g/mol. The first-order chi connectivity index (χ1) is 15.4. The first kappa shape index (κ1) is 21.7. The van der Waals surface area contributed by atoms with Gasteiger partial charge in [0.15, 0.2) is 6.61 Å². The van der Waals surface area contributed by atoms with Gasteiger partial charge in [-0.1, -0.05) is 23.4 Å². The summed E-state index contributed by atoms with van der Waals surface area (Å²) in [7, 11) is -2.43. The predicted molar refractivity (Wildman–Crippen MR) is 116 cm³/mol.